The number of hydrogen-bond acceptors (Lipinski definition) is 6. The third-order valence-electron chi connectivity index (χ3n) is 6.35. The normalized spacial score (nSPS) is 10.7. The fraction of sp³-hybridized carbons (Fsp3) is 0.0938. The summed E-state index contributed by atoms with van der Waals surface area (Å²) in [6, 6.07) is 24.7. The van der Waals surface area contributed by atoms with E-state index in [4.69, 9.17) is 21.1 Å². The lowest BCUT2D eigenvalue weighted by molar-refractivity contribution is 0.0951. The van der Waals surface area contributed by atoms with Gasteiger partial charge in [0.2, 0.25) is 0 Å². The van der Waals surface area contributed by atoms with Gasteiger partial charge in [-0.2, -0.15) is 9.78 Å². The van der Waals surface area contributed by atoms with Gasteiger partial charge >= 0.3 is 0 Å². The Kier molecular flexibility index (Phi) is 8.50. The second-order valence-corrected chi connectivity index (χ2v) is 9.74. The van der Waals surface area contributed by atoms with Gasteiger partial charge in [-0.1, -0.05) is 29.8 Å². The first-order valence-electron chi connectivity index (χ1n) is 12.9. The SMILES string of the molecule is COc1ccc(-n2ncc(Oc3ccc(Cl)c(C)c3)c(Nc3cccc(C(=O)NCc4cccc(F)c4)c3)c2=O)cc1. The quantitative estimate of drug-likeness (QED) is 0.198. The maximum Gasteiger partial charge on any atom is 0.299 e. The van der Waals surface area contributed by atoms with Gasteiger partial charge < -0.3 is 20.1 Å². The summed E-state index contributed by atoms with van der Waals surface area (Å²) < 4.78 is 26.0. The molecule has 0 saturated heterocycles. The molecule has 0 saturated carbocycles. The topological polar surface area (TPSA) is 94.5 Å². The lowest BCUT2D eigenvalue weighted by atomic mass is 10.1. The summed E-state index contributed by atoms with van der Waals surface area (Å²) in [4.78, 5) is 26.6. The Morgan fingerprint density at radius 1 is 0.976 bits per heavy atom. The number of benzene rings is 4. The number of halogens is 2. The van der Waals surface area contributed by atoms with Crippen molar-refractivity contribution in [2.75, 3.05) is 12.4 Å². The van der Waals surface area contributed by atoms with Gasteiger partial charge in [-0.15, -0.1) is 0 Å². The molecule has 1 amide bonds. The number of rotatable bonds is 9. The zero-order valence-electron chi connectivity index (χ0n) is 22.7. The van der Waals surface area contributed by atoms with Crippen LogP contribution < -0.4 is 25.7 Å². The van der Waals surface area contributed by atoms with Gasteiger partial charge in [0.25, 0.3) is 11.5 Å². The molecular formula is C32H26ClFN4O4. The minimum Gasteiger partial charge on any atom is -0.497 e. The molecule has 0 bridgehead atoms. The molecule has 8 nitrogen and oxygen atoms in total. The molecule has 1 aromatic heterocycles. The molecule has 5 rings (SSSR count). The highest BCUT2D eigenvalue weighted by molar-refractivity contribution is 6.31. The van der Waals surface area contributed by atoms with Gasteiger partial charge in [-0.25, -0.2) is 4.39 Å². The van der Waals surface area contributed by atoms with Crippen LogP contribution in [-0.2, 0) is 6.54 Å². The van der Waals surface area contributed by atoms with E-state index in [1.54, 1.807) is 86.0 Å². The predicted octanol–water partition coefficient (Wildman–Crippen LogP) is 6.81. The second-order valence-electron chi connectivity index (χ2n) is 9.33. The number of ether oxygens (including phenoxy) is 2. The van der Waals surface area contributed by atoms with Crippen molar-refractivity contribution in [2.24, 2.45) is 0 Å². The summed E-state index contributed by atoms with van der Waals surface area (Å²) in [6.45, 7) is 2.00. The summed E-state index contributed by atoms with van der Waals surface area (Å²) in [7, 11) is 1.56. The third kappa shape index (κ3) is 6.59. The van der Waals surface area contributed by atoms with Crippen LogP contribution in [0.1, 0.15) is 21.5 Å². The summed E-state index contributed by atoms with van der Waals surface area (Å²) in [5.41, 5.74) is 2.39. The first kappa shape index (κ1) is 28.4. The number of carbonyl (C=O) groups excluding carboxylic acids is 1. The molecule has 42 heavy (non-hydrogen) atoms. The molecule has 0 atom stereocenters. The zero-order chi connectivity index (χ0) is 29.6. The van der Waals surface area contributed by atoms with E-state index in [0.717, 1.165) is 5.56 Å². The summed E-state index contributed by atoms with van der Waals surface area (Å²) in [6.07, 6.45) is 1.44. The molecule has 0 unspecified atom stereocenters. The fourth-order valence-corrected chi connectivity index (χ4v) is 4.28. The number of aryl methyl sites for hydroxylation is 1. The summed E-state index contributed by atoms with van der Waals surface area (Å²) >= 11 is 6.17. The zero-order valence-corrected chi connectivity index (χ0v) is 23.5. The van der Waals surface area contributed by atoms with E-state index >= 15 is 0 Å². The average Bonchev–Trinajstić information content (AvgIpc) is 3.00. The van der Waals surface area contributed by atoms with E-state index in [1.165, 1.54) is 23.0 Å². The molecule has 4 aromatic carbocycles. The Hall–Kier alpha value is -5.15. The van der Waals surface area contributed by atoms with Crippen LogP contribution in [0.2, 0.25) is 5.02 Å². The van der Waals surface area contributed by atoms with Crippen molar-refractivity contribution < 1.29 is 18.7 Å². The van der Waals surface area contributed by atoms with Crippen LogP contribution in [0.25, 0.3) is 5.69 Å². The Bertz CT molecular complexity index is 1810. The second kappa shape index (κ2) is 12.6. The van der Waals surface area contributed by atoms with E-state index in [2.05, 4.69) is 15.7 Å². The number of nitrogens with zero attached hydrogens (tertiary/aromatic N) is 2. The van der Waals surface area contributed by atoms with Crippen LogP contribution in [-0.4, -0.2) is 22.8 Å². The summed E-state index contributed by atoms with van der Waals surface area (Å²) in [5, 5.41) is 10.8. The molecule has 0 fully saturated rings. The van der Waals surface area contributed by atoms with Crippen LogP contribution >= 0.6 is 11.6 Å². The van der Waals surface area contributed by atoms with Gasteiger partial charge in [-0.3, -0.25) is 9.59 Å². The average molecular weight is 585 g/mol. The van der Waals surface area contributed by atoms with Crippen molar-refractivity contribution in [2.45, 2.75) is 13.5 Å². The monoisotopic (exact) mass is 584 g/mol. The molecule has 1 heterocycles. The molecule has 0 aliphatic rings. The standard InChI is InChI=1S/C32H26ClFN4O4/c1-20-15-27(13-14-28(20)33)42-29-19-36-38(25-9-11-26(41-2)12-10-25)32(40)30(29)37-24-8-4-6-22(17-24)31(39)35-18-21-5-3-7-23(34)16-21/h3-17,19,37H,18H2,1-2H3,(H,35,39). The number of aromatic nitrogens is 2. The van der Waals surface area contributed by atoms with Gasteiger partial charge in [0.15, 0.2) is 11.4 Å². The van der Waals surface area contributed by atoms with Crippen molar-refractivity contribution in [3.63, 3.8) is 0 Å². The lowest BCUT2D eigenvalue weighted by Crippen LogP contribution is -2.24. The van der Waals surface area contributed by atoms with Crippen LogP contribution in [0.4, 0.5) is 15.8 Å². The van der Waals surface area contributed by atoms with Gasteiger partial charge in [0.05, 0.1) is 19.0 Å². The van der Waals surface area contributed by atoms with Gasteiger partial charge in [-0.05, 0) is 90.8 Å². The molecule has 5 aromatic rings. The molecule has 2 N–H and O–H groups in total. The maximum absolute atomic E-state index is 13.8. The van der Waals surface area contributed by atoms with E-state index < -0.39 is 5.56 Å². The van der Waals surface area contributed by atoms with Crippen LogP contribution in [0, 0.1) is 12.7 Å². The van der Waals surface area contributed by atoms with Crippen molar-refractivity contribution >= 4 is 28.9 Å². The van der Waals surface area contributed by atoms with E-state index in [0.29, 0.717) is 39.0 Å². The Morgan fingerprint density at radius 3 is 2.48 bits per heavy atom. The molecule has 0 spiro atoms. The van der Waals surface area contributed by atoms with Gasteiger partial charge in [0.1, 0.15) is 17.3 Å². The minimum absolute atomic E-state index is 0.103. The fourth-order valence-electron chi connectivity index (χ4n) is 4.16. The Morgan fingerprint density at radius 2 is 1.74 bits per heavy atom. The number of methoxy groups -OCH3 is 1. The van der Waals surface area contributed by atoms with Crippen molar-refractivity contribution in [1.29, 1.82) is 0 Å². The van der Waals surface area contributed by atoms with Crippen LogP contribution in [0.3, 0.4) is 0 Å². The Labute approximate surface area is 246 Å². The van der Waals surface area contributed by atoms with Gasteiger partial charge in [0, 0.05) is 22.8 Å². The maximum atomic E-state index is 13.8. The first-order chi connectivity index (χ1) is 20.3. The van der Waals surface area contributed by atoms with E-state index in [9.17, 15) is 14.0 Å². The van der Waals surface area contributed by atoms with E-state index in [-0.39, 0.29) is 29.7 Å². The molecule has 0 radical (unpaired) electrons. The number of hydrogen-bond donors (Lipinski definition) is 2. The third-order valence-corrected chi connectivity index (χ3v) is 6.78. The Balaban J connectivity index is 1.46. The van der Waals surface area contributed by atoms with Crippen molar-refractivity contribution in [3.8, 4) is 22.9 Å². The first-order valence-corrected chi connectivity index (χ1v) is 13.3. The van der Waals surface area contributed by atoms with E-state index in [1.807, 2.05) is 6.92 Å². The smallest absolute Gasteiger partial charge is 0.299 e. The summed E-state index contributed by atoms with van der Waals surface area (Å²) in [5.74, 6) is 0.538. The lowest BCUT2D eigenvalue weighted by Gasteiger charge is -2.15. The highest BCUT2D eigenvalue weighted by atomic mass is 35.5. The molecule has 10 heteroatoms. The highest BCUT2D eigenvalue weighted by Gasteiger charge is 2.17. The molecule has 212 valence electrons. The van der Waals surface area contributed by atoms with Crippen molar-refractivity contribution in [1.82, 2.24) is 15.1 Å². The highest BCUT2D eigenvalue weighted by Crippen LogP contribution is 2.31. The number of nitrogens with one attached hydrogen (secondary N) is 2. The largest absolute Gasteiger partial charge is 0.497 e. The molecular weight excluding hydrogens is 559 g/mol. The van der Waals surface area contributed by atoms with Crippen molar-refractivity contribution in [3.05, 3.63) is 135 Å². The van der Waals surface area contributed by atoms with Crippen LogP contribution in [0.5, 0.6) is 17.2 Å². The predicted molar refractivity (Wildman–Crippen MR) is 160 cm³/mol. The number of carbonyl (C=O) groups is 1. The molecule has 0 aliphatic carbocycles. The number of amides is 1. The minimum atomic E-state index is -0.482. The number of anilines is 2. The molecule has 0 aliphatic heterocycles. The van der Waals surface area contributed by atoms with Crippen LogP contribution in [0.15, 0.2) is 102 Å².